The summed E-state index contributed by atoms with van der Waals surface area (Å²) in [6, 6.07) is 1.22. The molecule has 0 aromatic carbocycles. The Labute approximate surface area is 111 Å². The van der Waals surface area contributed by atoms with Gasteiger partial charge in [0.2, 0.25) is 0 Å². The number of rotatable bonds is 5. The predicted molar refractivity (Wildman–Crippen MR) is 71.8 cm³/mol. The van der Waals surface area contributed by atoms with Gasteiger partial charge in [-0.3, -0.25) is 14.9 Å². The van der Waals surface area contributed by atoms with Crippen molar-refractivity contribution in [3.05, 3.63) is 27.9 Å². The summed E-state index contributed by atoms with van der Waals surface area (Å²) >= 11 is 0. The Hall–Kier alpha value is -2.18. The normalized spacial score (nSPS) is 10.5. The number of aromatic nitrogens is 1. The molecular formula is C12H18N4O3. The van der Waals surface area contributed by atoms with Crippen molar-refractivity contribution in [1.29, 1.82) is 0 Å². The zero-order valence-electron chi connectivity index (χ0n) is 11.3. The minimum atomic E-state index is -0.621. The molecule has 0 saturated carbocycles. The standard InChI is InChI=1S/C12H18N4O3/c1-4-5-15(8(2)3)12(17)9-6-11(13)14-7-10(9)16(18)19/h6-8H,4-5H2,1-3H3,(H2,13,14). The van der Waals surface area contributed by atoms with Crippen LogP contribution in [0.3, 0.4) is 0 Å². The number of pyridine rings is 1. The first-order chi connectivity index (χ1) is 8.88. The molecule has 7 nitrogen and oxygen atoms in total. The van der Waals surface area contributed by atoms with Gasteiger partial charge in [-0.1, -0.05) is 6.92 Å². The molecule has 0 unspecified atom stereocenters. The Morgan fingerprint density at radius 3 is 2.68 bits per heavy atom. The zero-order valence-corrected chi connectivity index (χ0v) is 11.3. The number of hydrogen-bond donors (Lipinski definition) is 1. The van der Waals surface area contributed by atoms with Crippen LogP contribution in [0.2, 0.25) is 0 Å². The van der Waals surface area contributed by atoms with E-state index < -0.39 is 10.8 Å². The summed E-state index contributed by atoms with van der Waals surface area (Å²) < 4.78 is 0. The lowest BCUT2D eigenvalue weighted by Crippen LogP contribution is -2.37. The molecule has 1 aromatic rings. The topological polar surface area (TPSA) is 102 Å². The third-order valence-electron chi connectivity index (χ3n) is 2.68. The number of amides is 1. The molecule has 1 amide bonds. The van der Waals surface area contributed by atoms with Gasteiger partial charge < -0.3 is 10.6 Å². The fourth-order valence-electron chi connectivity index (χ4n) is 1.77. The monoisotopic (exact) mass is 266 g/mol. The molecule has 1 heterocycles. The number of anilines is 1. The highest BCUT2D eigenvalue weighted by atomic mass is 16.6. The van der Waals surface area contributed by atoms with Gasteiger partial charge in [0.05, 0.1) is 4.92 Å². The number of carbonyl (C=O) groups is 1. The molecule has 0 saturated heterocycles. The van der Waals surface area contributed by atoms with Gasteiger partial charge in [0, 0.05) is 12.6 Å². The summed E-state index contributed by atoms with van der Waals surface area (Å²) in [6.07, 6.45) is 1.80. The molecular weight excluding hydrogens is 248 g/mol. The van der Waals surface area contributed by atoms with Crippen molar-refractivity contribution < 1.29 is 9.72 Å². The van der Waals surface area contributed by atoms with Crippen molar-refractivity contribution >= 4 is 17.4 Å². The van der Waals surface area contributed by atoms with Gasteiger partial charge in [-0.25, -0.2) is 4.98 Å². The quantitative estimate of drug-likeness (QED) is 0.647. The molecule has 0 radical (unpaired) electrons. The van der Waals surface area contributed by atoms with Crippen LogP contribution < -0.4 is 5.73 Å². The minimum absolute atomic E-state index is 0.0142. The van der Waals surface area contributed by atoms with Gasteiger partial charge in [-0.05, 0) is 26.3 Å². The summed E-state index contributed by atoms with van der Waals surface area (Å²) in [4.78, 5) is 28.0. The van der Waals surface area contributed by atoms with E-state index in [1.807, 2.05) is 20.8 Å². The second kappa shape index (κ2) is 6.12. The number of nitro groups is 1. The lowest BCUT2D eigenvalue weighted by molar-refractivity contribution is -0.385. The number of carbonyl (C=O) groups excluding carboxylic acids is 1. The molecule has 7 heteroatoms. The van der Waals surface area contributed by atoms with E-state index in [1.165, 1.54) is 6.07 Å². The Balaban J connectivity index is 3.23. The van der Waals surface area contributed by atoms with Crippen molar-refractivity contribution in [1.82, 2.24) is 9.88 Å². The fourth-order valence-corrected chi connectivity index (χ4v) is 1.77. The molecule has 2 N–H and O–H groups in total. The zero-order chi connectivity index (χ0) is 14.6. The van der Waals surface area contributed by atoms with Crippen molar-refractivity contribution in [2.75, 3.05) is 12.3 Å². The first kappa shape index (κ1) is 14.9. The molecule has 1 aromatic heterocycles. The maximum Gasteiger partial charge on any atom is 0.300 e. The van der Waals surface area contributed by atoms with Crippen LogP contribution >= 0.6 is 0 Å². The average molecular weight is 266 g/mol. The first-order valence-corrected chi connectivity index (χ1v) is 6.09. The number of nitrogen functional groups attached to an aromatic ring is 1. The number of nitrogens with two attached hydrogens (primary N) is 1. The van der Waals surface area contributed by atoms with E-state index in [4.69, 9.17) is 5.73 Å². The largest absolute Gasteiger partial charge is 0.384 e. The highest BCUT2D eigenvalue weighted by Crippen LogP contribution is 2.22. The second-order valence-electron chi connectivity index (χ2n) is 4.48. The van der Waals surface area contributed by atoms with Crippen LogP contribution in [-0.2, 0) is 0 Å². The molecule has 0 aliphatic rings. The van der Waals surface area contributed by atoms with E-state index in [-0.39, 0.29) is 23.1 Å². The summed E-state index contributed by atoms with van der Waals surface area (Å²) in [5.74, 6) is -0.299. The van der Waals surface area contributed by atoms with Crippen molar-refractivity contribution in [2.45, 2.75) is 33.2 Å². The molecule has 0 aliphatic heterocycles. The van der Waals surface area contributed by atoms with Gasteiger partial charge in [-0.2, -0.15) is 0 Å². The maximum atomic E-state index is 12.4. The summed E-state index contributed by atoms with van der Waals surface area (Å²) in [5.41, 5.74) is 5.18. The molecule has 0 aliphatic carbocycles. The number of nitrogens with zero attached hydrogens (tertiary/aromatic N) is 3. The Kier molecular flexibility index (Phi) is 4.80. The molecule has 0 spiro atoms. The summed E-state index contributed by atoms with van der Waals surface area (Å²) in [6.45, 7) is 6.21. The molecule has 0 fully saturated rings. The van der Waals surface area contributed by atoms with Gasteiger partial charge in [-0.15, -0.1) is 0 Å². The summed E-state index contributed by atoms with van der Waals surface area (Å²) in [7, 11) is 0. The lowest BCUT2D eigenvalue weighted by Gasteiger charge is -2.26. The van der Waals surface area contributed by atoms with Crippen LogP contribution in [0.15, 0.2) is 12.3 Å². The van der Waals surface area contributed by atoms with Crippen LogP contribution in [0.1, 0.15) is 37.6 Å². The highest BCUT2D eigenvalue weighted by Gasteiger charge is 2.26. The van der Waals surface area contributed by atoms with Crippen molar-refractivity contribution in [3.8, 4) is 0 Å². The Morgan fingerprint density at radius 1 is 1.58 bits per heavy atom. The van der Waals surface area contributed by atoms with Crippen LogP contribution in [0.5, 0.6) is 0 Å². The van der Waals surface area contributed by atoms with Crippen LogP contribution in [-0.4, -0.2) is 33.3 Å². The van der Waals surface area contributed by atoms with E-state index in [1.54, 1.807) is 4.90 Å². The van der Waals surface area contributed by atoms with E-state index in [2.05, 4.69) is 4.98 Å². The minimum Gasteiger partial charge on any atom is -0.384 e. The van der Waals surface area contributed by atoms with Crippen LogP contribution in [0.4, 0.5) is 11.5 Å². The summed E-state index contributed by atoms with van der Waals surface area (Å²) in [5, 5.41) is 10.9. The first-order valence-electron chi connectivity index (χ1n) is 6.09. The van der Waals surface area contributed by atoms with Gasteiger partial charge in [0.25, 0.3) is 11.6 Å². The van der Waals surface area contributed by atoms with E-state index in [9.17, 15) is 14.9 Å². The Morgan fingerprint density at radius 2 is 2.21 bits per heavy atom. The molecule has 0 bridgehead atoms. The SMILES string of the molecule is CCCN(C(=O)c1cc(N)ncc1[N+](=O)[O-])C(C)C. The van der Waals surface area contributed by atoms with Gasteiger partial charge in [0.1, 0.15) is 17.6 Å². The maximum absolute atomic E-state index is 12.4. The van der Waals surface area contributed by atoms with E-state index in [0.717, 1.165) is 12.6 Å². The van der Waals surface area contributed by atoms with E-state index in [0.29, 0.717) is 6.54 Å². The second-order valence-corrected chi connectivity index (χ2v) is 4.48. The van der Waals surface area contributed by atoms with Crippen LogP contribution in [0, 0.1) is 10.1 Å². The predicted octanol–water partition coefficient (Wildman–Crippen LogP) is 1.83. The third-order valence-corrected chi connectivity index (χ3v) is 2.68. The van der Waals surface area contributed by atoms with Crippen molar-refractivity contribution in [2.24, 2.45) is 0 Å². The van der Waals surface area contributed by atoms with Gasteiger partial charge >= 0.3 is 0 Å². The van der Waals surface area contributed by atoms with Crippen LogP contribution in [0.25, 0.3) is 0 Å². The highest BCUT2D eigenvalue weighted by molar-refractivity contribution is 5.98. The smallest absolute Gasteiger partial charge is 0.300 e. The number of hydrogen-bond acceptors (Lipinski definition) is 5. The molecule has 0 atom stereocenters. The third kappa shape index (κ3) is 3.40. The van der Waals surface area contributed by atoms with E-state index >= 15 is 0 Å². The Bertz CT molecular complexity index is 488. The molecule has 19 heavy (non-hydrogen) atoms. The molecule has 104 valence electrons. The molecule has 1 rings (SSSR count). The fraction of sp³-hybridized carbons (Fsp3) is 0.500. The van der Waals surface area contributed by atoms with Gasteiger partial charge in [0.15, 0.2) is 0 Å². The lowest BCUT2D eigenvalue weighted by atomic mass is 10.1. The average Bonchev–Trinajstić information content (AvgIpc) is 2.34. The van der Waals surface area contributed by atoms with Crippen molar-refractivity contribution in [3.63, 3.8) is 0 Å².